The summed E-state index contributed by atoms with van der Waals surface area (Å²) in [5.41, 5.74) is 1.49. The molecule has 0 N–H and O–H groups in total. The van der Waals surface area contributed by atoms with Crippen molar-refractivity contribution in [3.05, 3.63) is 42.0 Å². The van der Waals surface area contributed by atoms with E-state index in [-0.39, 0.29) is 5.91 Å². The van der Waals surface area contributed by atoms with Crippen molar-refractivity contribution in [3.8, 4) is 17.2 Å². The highest BCUT2D eigenvalue weighted by molar-refractivity contribution is 7.22. The van der Waals surface area contributed by atoms with Crippen LogP contribution in [0.2, 0.25) is 0 Å². The predicted molar refractivity (Wildman–Crippen MR) is 118 cm³/mol. The number of ether oxygens (including phenoxy) is 3. The number of benzene rings is 2. The lowest BCUT2D eigenvalue weighted by Crippen LogP contribution is -2.48. The number of amides is 1. The van der Waals surface area contributed by atoms with Gasteiger partial charge >= 0.3 is 0 Å². The zero-order chi connectivity index (χ0) is 21.1. The number of methoxy groups -OCH3 is 2. The quantitative estimate of drug-likeness (QED) is 0.598. The Kier molecular flexibility index (Phi) is 5.94. The van der Waals surface area contributed by atoms with Crippen molar-refractivity contribution >= 4 is 32.6 Å². The Morgan fingerprint density at radius 3 is 2.30 bits per heavy atom. The molecule has 0 atom stereocenters. The highest BCUT2D eigenvalue weighted by Crippen LogP contribution is 2.40. The van der Waals surface area contributed by atoms with Crippen LogP contribution >= 0.6 is 11.3 Å². The van der Waals surface area contributed by atoms with Gasteiger partial charge in [-0.1, -0.05) is 11.3 Å². The number of thiazole rings is 1. The molecule has 8 heteroatoms. The Morgan fingerprint density at radius 2 is 1.67 bits per heavy atom. The smallest absolute Gasteiger partial charge is 0.253 e. The summed E-state index contributed by atoms with van der Waals surface area (Å²) in [5, 5.41) is 0.918. The lowest BCUT2D eigenvalue weighted by molar-refractivity contribution is 0.0746. The van der Waals surface area contributed by atoms with Crippen molar-refractivity contribution in [2.24, 2.45) is 0 Å². The minimum Gasteiger partial charge on any atom is -0.495 e. The maximum Gasteiger partial charge on any atom is 0.253 e. The van der Waals surface area contributed by atoms with E-state index in [1.165, 1.54) is 0 Å². The van der Waals surface area contributed by atoms with Crippen molar-refractivity contribution < 1.29 is 19.0 Å². The number of rotatable bonds is 6. The average molecular weight is 428 g/mol. The van der Waals surface area contributed by atoms with Crippen molar-refractivity contribution in [1.29, 1.82) is 0 Å². The Hall–Kier alpha value is -3.00. The molecule has 158 valence electrons. The Bertz CT molecular complexity index is 986. The second kappa shape index (κ2) is 8.79. The first-order chi connectivity index (χ1) is 14.6. The van der Waals surface area contributed by atoms with Crippen LogP contribution in [0.4, 0.5) is 5.13 Å². The summed E-state index contributed by atoms with van der Waals surface area (Å²) in [7, 11) is 3.30. The Labute approximate surface area is 179 Å². The van der Waals surface area contributed by atoms with E-state index in [4.69, 9.17) is 19.2 Å². The number of hydrogen-bond acceptors (Lipinski definition) is 7. The number of nitrogens with zero attached hydrogens (tertiary/aromatic N) is 3. The highest BCUT2D eigenvalue weighted by Gasteiger charge is 2.25. The average Bonchev–Trinajstić information content (AvgIpc) is 3.24. The Balaban J connectivity index is 1.46. The SMILES string of the molecule is CCOc1ccc(C(=O)N2CCN(c3nc4c(OC)ccc(OC)c4s3)CC2)cc1. The summed E-state index contributed by atoms with van der Waals surface area (Å²) >= 11 is 1.59. The maximum atomic E-state index is 12.8. The van der Waals surface area contributed by atoms with E-state index in [2.05, 4.69) is 4.90 Å². The molecule has 4 rings (SSSR count). The standard InChI is InChI=1S/C22H25N3O4S/c1-4-29-16-7-5-15(6-8-16)21(26)24-11-13-25(14-12-24)22-23-19-17(27-2)9-10-18(28-3)20(19)30-22/h5-10H,4,11-14H2,1-3H3. The van der Waals surface area contributed by atoms with Crippen molar-refractivity contribution in [3.63, 3.8) is 0 Å². The second-order valence-corrected chi connectivity index (χ2v) is 7.86. The van der Waals surface area contributed by atoms with Crippen molar-refractivity contribution in [2.45, 2.75) is 6.92 Å². The van der Waals surface area contributed by atoms with Gasteiger partial charge in [0.25, 0.3) is 5.91 Å². The number of piperazine rings is 1. The number of anilines is 1. The molecule has 0 radical (unpaired) electrons. The maximum absolute atomic E-state index is 12.8. The lowest BCUT2D eigenvalue weighted by atomic mass is 10.1. The number of hydrogen-bond donors (Lipinski definition) is 0. The van der Waals surface area contributed by atoms with Gasteiger partial charge in [-0.2, -0.15) is 0 Å². The monoisotopic (exact) mass is 427 g/mol. The molecule has 0 unspecified atom stereocenters. The molecule has 2 aromatic carbocycles. The van der Waals surface area contributed by atoms with Crippen LogP contribution in [0.5, 0.6) is 17.2 Å². The number of fused-ring (bicyclic) bond motifs is 1. The van der Waals surface area contributed by atoms with Crippen molar-refractivity contribution in [2.75, 3.05) is 51.9 Å². The summed E-state index contributed by atoms with van der Waals surface area (Å²) in [6, 6.07) is 11.1. The molecular formula is C22H25N3O4S. The summed E-state index contributed by atoms with van der Waals surface area (Å²) in [5.74, 6) is 2.35. The molecular weight excluding hydrogens is 402 g/mol. The van der Waals surface area contributed by atoms with Crippen LogP contribution in [0.15, 0.2) is 36.4 Å². The topological polar surface area (TPSA) is 64.1 Å². The molecule has 2 heterocycles. The zero-order valence-electron chi connectivity index (χ0n) is 17.4. The van der Waals surface area contributed by atoms with Gasteiger partial charge in [-0.15, -0.1) is 0 Å². The fourth-order valence-electron chi connectivity index (χ4n) is 3.55. The van der Waals surface area contributed by atoms with Crippen LogP contribution < -0.4 is 19.1 Å². The third kappa shape index (κ3) is 3.87. The molecule has 0 bridgehead atoms. The van der Waals surface area contributed by atoms with Gasteiger partial charge < -0.3 is 24.0 Å². The van der Waals surface area contributed by atoms with Gasteiger partial charge in [0.05, 0.1) is 20.8 Å². The first-order valence-corrected chi connectivity index (χ1v) is 10.7. The molecule has 1 aliphatic rings. The van der Waals surface area contributed by atoms with Gasteiger partial charge in [0.2, 0.25) is 0 Å². The van der Waals surface area contributed by atoms with E-state index in [9.17, 15) is 4.79 Å². The summed E-state index contributed by atoms with van der Waals surface area (Å²) < 4.78 is 17.4. The van der Waals surface area contributed by atoms with E-state index in [1.807, 2.05) is 48.2 Å². The molecule has 30 heavy (non-hydrogen) atoms. The fourth-order valence-corrected chi connectivity index (χ4v) is 4.68. The van der Waals surface area contributed by atoms with Gasteiger partial charge in [0, 0.05) is 31.7 Å². The van der Waals surface area contributed by atoms with E-state index in [0.29, 0.717) is 25.3 Å². The molecule has 1 amide bonds. The van der Waals surface area contributed by atoms with Crippen LogP contribution in [0.25, 0.3) is 10.2 Å². The molecule has 7 nitrogen and oxygen atoms in total. The lowest BCUT2D eigenvalue weighted by Gasteiger charge is -2.34. The van der Waals surface area contributed by atoms with Crippen LogP contribution in [-0.2, 0) is 0 Å². The largest absolute Gasteiger partial charge is 0.495 e. The van der Waals surface area contributed by atoms with E-state index in [0.717, 1.165) is 45.7 Å². The number of aromatic nitrogens is 1. The predicted octanol–water partition coefficient (Wildman–Crippen LogP) is 3.67. The molecule has 0 spiro atoms. The first-order valence-electron chi connectivity index (χ1n) is 9.93. The van der Waals surface area contributed by atoms with Gasteiger partial charge in [0.15, 0.2) is 5.13 Å². The minimum atomic E-state index is 0.0466. The fraction of sp³-hybridized carbons (Fsp3) is 0.364. The van der Waals surface area contributed by atoms with Crippen LogP contribution in [0.3, 0.4) is 0 Å². The first kappa shape index (κ1) is 20.3. The van der Waals surface area contributed by atoms with Gasteiger partial charge in [-0.05, 0) is 43.3 Å². The third-order valence-corrected chi connectivity index (χ3v) is 6.28. The molecule has 0 saturated carbocycles. The molecule has 1 aliphatic heterocycles. The van der Waals surface area contributed by atoms with Gasteiger partial charge in [-0.3, -0.25) is 4.79 Å². The number of carbonyl (C=O) groups is 1. The van der Waals surface area contributed by atoms with E-state index in [1.54, 1.807) is 25.6 Å². The normalized spacial score (nSPS) is 14.1. The van der Waals surface area contributed by atoms with Crippen LogP contribution in [0.1, 0.15) is 17.3 Å². The minimum absolute atomic E-state index is 0.0466. The number of carbonyl (C=O) groups excluding carboxylic acids is 1. The van der Waals surface area contributed by atoms with E-state index >= 15 is 0 Å². The van der Waals surface area contributed by atoms with Gasteiger partial charge in [-0.25, -0.2) is 4.98 Å². The molecule has 0 aliphatic carbocycles. The molecule has 1 saturated heterocycles. The Morgan fingerprint density at radius 1 is 1.00 bits per heavy atom. The molecule has 3 aromatic rings. The summed E-state index contributed by atoms with van der Waals surface area (Å²) in [4.78, 5) is 21.7. The van der Waals surface area contributed by atoms with Crippen LogP contribution in [-0.4, -0.2) is 62.8 Å². The second-order valence-electron chi connectivity index (χ2n) is 6.88. The van der Waals surface area contributed by atoms with E-state index < -0.39 is 0 Å². The zero-order valence-corrected chi connectivity index (χ0v) is 18.2. The molecule has 1 fully saturated rings. The molecule has 1 aromatic heterocycles. The summed E-state index contributed by atoms with van der Waals surface area (Å²) in [6.07, 6.45) is 0. The van der Waals surface area contributed by atoms with Crippen molar-refractivity contribution in [1.82, 2.24) is 9.88 Å². The highest BCUT2D eigenvalue weighted by atomic mass is 32.1. The van der Waals surface area contributed by atoms with Gasteiger partial charge in [0.1, 0.15) is 27.5 Å². The van der Waals surface area contributed by atoms with Crippen LogP contribution in [0, 0.1) is 0 Å². The summed E-state index contributed by atoms with van der Waals surface area (Å²) in [6.45, 7) is 5.31. The third-order valence-electron chi connectivity index (χ3n) is 5.15.